The average molecular weight is 363 g/mol. The maximum absolute atomic E-state index is 12.0. The van der Waals surface area contributed by atoms with E-state index in [2.05, 4.69) is 27.9 Å². The number of para-hydroxylation sites is 1. The predicted octanol–water partition coefficient (Wildman–Crippen LogP) is 4.49. The fraction of sp³-hybridized carbons (Fsp3) is 0.0625. The van der Waals surface area contributed by atoms with E-state index in [1.54, 1.807) is 6.08 Å². The molecule has 2 rings (SSSR count). The van der Waals surface area contributed by atoms with Gasteiger partial charge in [-0.1, -0.05) is 42.5 Å². The van der Waals surface area contributed by atoms with Crippen LogP contribution in [0.5, 0.6) is 0 Å². The molecule has 0 aliphatic carbocycles. The Hall–Kier alpha value is -1.62. The van der Waals surface area contributed by atoms with Crippen molar-refractivity contribution >= 4 is 34.1 Å². The van der Waals surface area contributed by atoms with Gasteiger partial charge in [-0.15, -0.1) is 0 Å². The summed E-state index contributed by atoms with van der Waals surface area (Å²) >= 11 is 2.26. The van der Waals surface area contributed by atoms with E-state index < -0.39 is 0 Å². The molecular weight excluding hydrogens is 349 g/mol. The number of ketones is 1. The molecule has 0 unspecified atom stereocenters. The second kappa shape index (κ2) is 6.52. The molecule has 19 heavy (non-hydrogen) atoms. The molecule has 0 amide bonds. The molecule has 3 heteroatoms. The lowest BCUT2D eigenvalue weighted by Crippen LogP contribution is -2.02. The first-order valence-electron chi connectivity index (χ1n) is 5.96. The molecule has 0 aliphatic rings. The Labute approximate surface area is 126 Å². The molecule has 96 valence electrons. The topological polar surface area (TPSA) is 29.1 Å². The van der Waals surface area contributed by atoms with Gasteiger partial charge in [0, 0.05) is 20.9 Å². The predicted molar refractivity (Wildman–Crippen MR) is 87.3 cm³/mol. The minimum atomic E-state index is 0.0107. The van der Waals surface area contributed by atoms with Gasteiger partial charge in [0.25, 0.3) is 0 Å². The summed E-state index contributed by atoms with van der Waals surface area (Å²) in [4.78, 5) is 12.0. The van der Waals surface area contributed by atoms with Crippen LogP contribution in [-0.2, 0) is 0 Å². The van der Waals surface area contributed by atoms with Crippen molar-refractivity contribution in [3.63, 3.8) is 0 Å². The van der Waals surface area contributed by atoms with Crippen molar-refractivity contribution in [3.05, 3.63) is 75.5 Å². The van der Waals surface area contributed by atoms with Crippen LogP contribution in [0.25, 0.3) is 0 Å². The summed E-state index contributed by atoms with van der Waals surface area (Å²) in [6.07, 6.45) is 1.62. The maximum Gasteiger partial charge on any atom is 0.187 e. The molecule has 2 aromatic carbocycles. The summed E-state index contributed by atoms with van der Waals surface area (Å²) in [5.41, 5.74) is 2.54. The Morgan fingerprint density at radius 3 is 2.37 bits per heavy atom. The summed E-state index contributed by atoms with van der Waals surface area (Å²) < 4.78 is 1.13. The number of allylic oxidation sites excluding steroid dienone is 2. The summed E-state index contributed by atoms with van der Waals surface area (Å²) in [7, 11) is 0. The molecule has 2 nitrogen and oxygen atoms in total. The van der Waals surface area contributed by atoms with Crippen LogP contribution in [0.3, 0.4) is 0 Å². The molecule has 0 bridgehead atoms. The Kier molecular flexibility index (Phi) is 4.74. The van der Waals surface area contributed by atoms with Crippen molar-refractivity contribution in [3.8, 4) is 0 Å². The number of carbonyl (C=O) groups is 1. The van der Waals surface area contributed by atoms with Crippen molar-refractivity contribution in [1.29, 1.82) is 0 Å². The van der Waals surface area contributed by atoms with Gasteiger partial charge >= 0.3 is 0 Å². The van der Waals surface area contributed by atoms with Gasteiger partial charge in [-0.25, -0.2) is 0 Å². The lowest BCUT2D eigenvalue weighted by atomic mass is 10.1. The number of rotatable bonds is 4. The van der Waals surface area contributed by atoms with Gasteiger partial charge in [-0.2, -0.15) is 0 Å². The number of anilines is 1. The minimum Gasteiger partial charge on any atom is -0.358 e. The van der Waals surface area contributed by atoms with Crippen LogP contribution in [0.2, 0.25) is 0 Å². The van der Waals surface area contributed by atoms with Crippen LogP contribution in [0.1, 0.15) is 17.3 Å². The van der Waals surface area contributed by atoms with Crippen molar-refractivity contribution in [1.82, 2.24) is 0 Å². The second-order valence-corrected chi connectivity index (χ2v) is 5.32. The third-order valence-corrected chi connectivity index (χ3v) is 3.55. The van der Waals surface area contributed by atoms with E-state index in [0.29, 0.717) is 5.56 Å². The zero-order chi connectivity index (χ0) is 13.7. The lowest BCUT2D eigenvalue weighted by Gasteiger charge is -2.08. The number of carbonyl (C=O) groups excluding carboxylic acids is 1. The normalized spacial score (nSPS) is 11.2. The first kappa shape index (κ1) is 13.8. The van der Waals surface area contributed by atoms with Crippen molar-refractivity contribution in [2.24, 2.45) is 0 Å². The Bertz CT molecular complexity index is 605. The Balaban J connectivity index is 2.12. The standard InChI is InChI=1S/C16H14INO/c1-12(18-15-10-6-5-9-14(15)17)11-16(19)13-7-3-2-4-8-13/h2-11,18H,1H3/b12-11+. The summed E-state index contributed by atoms with van der Waals surface area (Å²) in [6, 6.07) is 17.2. The zero-order valence-corrected chi connectivity index (χ0v) is 12.7. The summed E-state index contributed by atoms with van der Waals surface area (Å²) in [5, 5.41) is 3.24. The molecule has 1 N–H and O–H groups in total. The molecule has 0 saturated carbocycles. The highest BCUT2D eigenvalue weighted by molar-refractivity contribution is 14.1. The summed E-state index contributed by atoms with van der Waals surface area (Å²) in [5.74, 6) is 0.0107. The maximum atomic E-state index is 12.0. The van der Waals surface area contributed by atoms with Gasteiger partial charge in [0.1, 0.15) is 0 Å². The van der Waals surface area contributed by atoms with E-state index in [1.807, 2.05) is 61.5 Å². The number of halogens is 1. The van der Waals surface area contributed by atoms with E-state index in [0.717, 1.165) is 15.0 Å². The second-order valence-electron chi connectivity index (χ2n) is 4.16. The highest BCUT2D eigenvalue weighted by Gasteiger charge is 2.03. The van der Waals surface area contributed by atoms with E-state index >= 15 is 0 Å². The molecular formula is C16H14INO. The molecule has 0 atom stereocenters. The van der Waals surface area contributed by atoms with Crippen LogP contribution in [0, 0.1) is 3.57 Å². The third kappa shape index (κ3) is 3.92. The lowest BCUT2D eigenvalue weighted by molar-refractivity contribution is 0.104. The van der Waals surface area contributed by atoms with Crippen molar-refractivity contribution in [2.45, 2.75) is 6.92 Å². The molecule has 0 saturated heterocycles. The highest BCUT2D eigenvalue weighted by atomic mass is 127. The third-order valence-electron chi connectivity index (χ3n) is 2.61. The van der Waals surface area contributed by atoms with E-state index in [1.165, 1.54) is 0 Å². The van der Waals surface area contributed by atoms with E-state index in [-0.39, 0.29) is 5.78 Å². The quantitative estimate of drug-likeness (QED) is 0.493. The van der Waals surface area contributed by atoms with Crippen LogP contribution >= 0.6 is 22.6 Å². The molecule has 0 radical (unpaired) electrons. The number of hydrogen-bond donors (Lipinski definition) is 1. The van der Waals surface area contributed by atoms with Gasteiger partial charge in [0.05, 0.1) is 5.69 Å². The minimum absolute atomic E-state index is 0.0107. The summed E-state index contributed by atoms with van der Waals surface area (Å²) in [6.45, 7) is 1.89. The molecule has 0 aliphatic heterocycles. The van der Waals surface area contributed by atoms with Crippen LogP contribution in [0.15, 0.2) is 66.4 Å². The first-order valence-corrected chi connectivity index (χ1v) is 7.04. The first-order chi connectivity index (χ1) is 9.16. The fourth-order valence-electron chi connectivity index (χ4n) is 1.69. The highest BCUT2D eigenvalue weighted by Crippen LogP contribution is 2.18. The number of hydrogen-bond acceptors (Lipinski definition) is 2. The molecule has 0 aromatic heterocycles. The Morgan fingerprint density at radius 1 is 1.05 bits per heavy atom. The van der Waals surface area contributed by atoms with Crippen molar-refractivity contribution in [2.75, 3.05) is 5.32 Å². The zero-order valence-electron chi connectivity index (χ0n) is 10.6. The monoisotopic (exact) mass is 363 g/mol. The largest absolute Gasteiger partial charge is 0.358 e. The van der Waals surface area contributed by atoms with Crippen LogP contribution < -0.4 is 5.32 Å². The van der Waals surface area contributed by atoms with Gasteiger partial charge in [-0.05, 0) is 41.6 Å². The SMILES string of the molecule is C/C(=C\C(=O)c1ccccc1)Nc1ccccc1I. The fourth-order valence-corrected chi connectivity index (χ4v) is 2.22. The smallest absolute Gasteiger partial charge is 0.187 e. The van der Waals surface area contributed by atoms with E-state index in [4.69, 9.17) is 0 Å². The van der Waals surface area contributed by atoms with Gasteiger partial charge in [0.15, 0.2) is 5.78 Å². The Morgan fingerprint density at radius 2 is 1.68 bits per heavy atom. The molecule has 0 heterocycles. The van der Waals surface area contributed by atoms with Gasteiger partial charge in [0.2, 0.25) is 0 Å². The molecule has 0 spiro atoms. The molecule has 0 fully saturated rings. The van der Waals surface area contributed by atoms with E-state index in [9.17, 15) is 4.79 Å². The number of benzene rings is 2. The van der Waals surface area contributed by atoms with Crippen molar-refractivity contribution < 1.29 is 4.79 Å². The average Bonchev–Trinajstić information content (AvgIpc) is 2.42. The van der Waals surface area contributed by atoms with Crippen LogP contribution in [-0.4, -0.2) is 5.78 Å². The molecule has 2 aromatic rings. The van der Waals surface area contributed by atoms with Gasteiger partial charge in [-0.3, -0.25) is 4.79 Å². The van der Waals surface area contributed by atoms with Gasteiger partial charge < -0.3 is 5.32 Å². The number of nitrogens with one attached hydrogen (secondary N) is 1. The van der Waals surface area contributed by atoms with Crippen LogP contribution in [0.4, 0.5) is 5.69 Å².